The molecule has 1 fully saturated rings. The Kier molecular flexibility index (Phi) is 4.84. The van der Waals surface area contributed by atoms with Gasteiger partial charge in [0.2, 0.25) is 5.91 Å². The molecule has 2 aliphatic rings. The van der Waals surface area contributed by atoms with Crippen molar-refractivity contribution in [3.05, 3.63) is 34.5 Å². The first kappa shape index (κ1) is 21.4. The van der Waals surface area contributed by atoms with Crippen LogP contribution in [0.3, 0.4) is 0 Å². The van der Waals surface area contributed by atoms with Gasteiger partial charge in [0.15, 0.2) is 0 Å². The van der Waals surface area contributed by atoms with Crippen LogP contribution in [0.2, 0.25) is 0 Å². The van der Waals surface area contributed by atoms with Gasteiger partial charge in [0.05, 0.1) is 5.70 Å². The largest absolute Gasteiger partial charge is 0.481 e. The summed E-state index contributed by atoms with van der Waals surface area (Å²) in [5.74, 6) is -5.34. The third kappa shape index (κ3) is 3.23. The van der Waals surface area contributed by atoms with E-state index >= 15 is 0 Å². The van der Waals surface area contributed by atoms with Crippen molar-refractivity contribution in [1.82, 2.24) is 9.96 Å². The van der Waals surface area contributed by atoms with E-state index in [0.29, 0.717) is 17.6 Å². The zero-order chi connectivity index (χ0) is 21.9. The average molecular weight is 420 g/mol. The van der Waals surface area contributed by atoms with Gasteiger partial charge in [-0.05, 0) is 44.9 Å². The maximum atomic E-state index is 14.2. The van der Waals surface area contributed by atoms with Crippen LogP contribution in [0, 0.1) is 6.92 Å². The van der Waals surface area contributed by atoms with Crippen LogP contribution in [0.1, 0.15) is 43.4 Å². The first-order valence-electron chi connectivity index (χ1n) is 8.96. The van der Waals surface area contributed by atoms with Crippen molar-refractivity contribution in [2.75, 3.05) is 13.6 Å². The number of carbonyl (C=O) groups is 1. The number of hydrogen-bond acceptors (Lipinski definition) is 4. The van der Waals surface area contributed by atoms with Crippen molar-refractivity contribution in [2.45, 2.75) is 51.3 Å². The lowest BCUT2D eigenvalue weighted by Crippen LogP contribution is -2.44. The molecule has 0 atom stereocenters. The monoisotopic (exact) mass is 420 g/mol. The van der Waals surface area contributed by atoms with Crippen molar-refractivity contribution >= 4 is 11.6 Å². The van der Waals surface area contributed by atoms with Gasteiger partial charge in [-0.15, -0.1) is 0 Å². The third-order valence-electron chi connectivity index (χ3n) is 5.18. The predicted molar refractivity (Wildman–Crippen MR) is 93.3 cm³/mol. The summed E-state index contributed by atoms with van der Waals surface area (Å²) < 4.78 is 73.2. The van der Waals surface area contributed by atoms with Gasteiger partial charge in [-0.3, -0.25) is 15.1 Å². The number of alkyl halides is 5. The van der Waals surface area contributed by atoms with Crippen molar-refractivity contribution < 1.29 is 36.7 Å². The predicted octanol–water partition coefficient (Wildman–Crippen LogP) is 4.43. The summed E-state index contributed by atoms with van der Waals surface area (Å²) in [6.07, 6.45) is -5.08. The van der Waals surface area contributed by atoms with Crippen LogP contribution in [0.15, 0.2) is 17.8 Å². The number of amides is 1. The lowest BCUT2D eigenvalue weighted by Gasteiger charge is -2.42. The number of likely N-dealkylation sites (N-methyl/N-ethyl adjacent to an activating group) is 1. The lowest BCUT2D eigenvalue weighted by molar-refractivity contribution is -0.289. The highest BCUT2D eigenvalue weighted by molar-refractivity contribution is 5.92. The Bertz CT molecular complexity index is 891. The average Bonchev–Trinajstić information content (AvgIpc) is 2.97. The van der Waals surface area contributed by atoms with Crippen LogP contribution in [0.4, 0.5) is 22.0 Å². The second-order valence-corrected chi connectivity index (χ2v) is 7.67. The van der Waals surface area contributed by atoms with E-state index in [9.17, 15) is 32.0 Å². The van der Waals surface area contributed by atoms with Crippen molar-refractivity contribution in [3.63, 3.8) is 0 Å². The molecule has 5 nitrogen and oxygen atoms in total. The molecule has 0 saturated carbocycles. The summed E-state index contributed by atoms with van der Waals surface area (Å²) in [5.41, 5.74) is -2.64. The summed E-state index contributed by atoms with van der Waals surface area (Å²) in [6.45, 7) is 4.59. The highest BCUT2D eigenvalue weighted by Gasteiger charge is 2.60. The molecule has 3 rings (SSSR count). The second kappa shape index (κ2) is 6.58. The summed E-state index contributed by atoms with van der Waals surface area (Å²) in [5, 5.41) is 10.9. The molecule has 0 aromatic heterocycles. The molecular weight excluding hydrogens is 399 g/mol. The van der Waals surface area contributed by atoms with Gasteiger partial charge in [-0.1, -0.05) is 0 Å². The molecule has 1 N–H and O–H groups in total. The van der Waals surface area contributed by atoms with Gasteiger partial charge < -0.3 is 9.64 Å². The molecule has 0 aliphatic carbocycles. The van der Waals surface area contributed by atoms with Crippen LogP contribution in [0.5, 0.6) is 5.75 Å². The number of benzene rings is 1. The fourth-order valence-corrected chi connectivity index (χ4v) is 3.98. The van der Waals surface area contributed by atoms with E-state index in [1.54, 1.807) is 13.8 Å². The Hall–Kier alpha value is -2.36. The summed E-state index contributed by atoms with van der Waals surface area (Å²) in [7, 11) is 1.27. The van der Waals surface area contributed by atoms with Gasteiger partial charge >= 0.3 is 12.1 Å². The van der Waals surface area contributed by atoms with E-state index in [1.807, 2.05) is 0 Å². The van der Waals surface area contributed by atoms with E-state index in [-0.39, 0.29) is 47.1 Å². The van der Waals surface area contributed by atoms with Gasteiger partial charge in [-0.25, -0.2) is 0 Å². The Labute approximate surface area is 164 Å². The fourth-order valence-electron chi connectivity index (χ4n) is 3.98. The van der Waals surface area contributed by atoms with Gasteiger partial charge in [0.25, 0.3) is 0 Å². The highest BCUT2D eigenvalue weighted by Crippen LogP contribution is 2.51. The maximum Gasteiger partial charge on any atom is 0.458 e. The van der Waals surface area contributed by atoms with E-state index in [4.69, 9.17) is 4.74 Å². The van der Waals surface area contributed by atoms with Crippen LogP contribution >= 0.6 is 0 Å². The molecule has 29 heavy (non-hydrogen) atoms. The molecule has 0 bridgehead atoms. The molecule has 1 amide bonds. The van der Waals surface area contributed by atoms with Gasteiger partial charge in [-0.2, -0.15) is 22.0 Å². The standard InChI is InChI=1S/C19H21F5N2O3/c1-10-11(18(20,21)19(22,23)24)7-8-12-14(10)15(26-9-5-6-13(26)27)16(25(4)28)17(2,3)29-12/h7-8,28H,5-6,9H2,1-4H3. The first-order valence-corrected chi connectivity index (χ1v) is 8.96. The van der Waals surface area contributed by atoms with Gasteiger partial charge in [0.1, 0.15) is 17.0 Å². The van der Waals surface area contributed by atoms with E-state index < -0.39 is 23.3 Å². The van der Waals surface area contributed by atoms with E-state index in [1.165, 1.54) is 11.9 Å². The normalized spacial score (nSPS) is 19.4. The summed E-state index contributed by atoms with van der Waals surface area (Å²) >= 11 is 0. The topological polar surface area (TPSA) is 53.0 Å². The van der Waals surface area contributed by atoms with Gasteiger partial charge in [0, 0.05) is 31.1 Å². The first-order chi connectivity index (χ1) is 13.2. The van der Waals surface area contributed by atoms with E-state index in [2.05, 4.69) is 0 Å². The highest BCUT2D eigenvalue weighted by atomic mass is 19.4. The molecule has 2 aliphatic heterocycles. The zero-order valence-electron chi connectivity index (χ0n) is 16.3. The number of hydrogen-bond donors (Lipinski definition) is 1. The molecular formula is C19H21F5N2O3. The molecule has 1 saturated heterocycles. The number of ether oxygens (including phenoxy) is 1. The Morgan fingerprint density at radius 1 is 1.21 bits per heavy atom. The summed E-state index contributed by atoms with van der Waals surface area (Å²) in [6, 6.07) is 1.74. The Balaban J connectivity index is 2.36. The summed E-state index contributed by atoms with van der Waals surface area (Å²) in [4.78, 5) is 13.8. The number of fused-ring (bicyclic) bond motifs is 1. The maximum absolute atomic E-state index is 14.2. The second-order valence-electron chi connectivity index (χ2n) is 7.67. The SMILES string of the molecule is Cc1c(C(F)(F)C(F)(F)F)ccc2c1C(N1CCCC1=O)=C(N(C)O)C(C)(C)O2. The number of nitrogens with zero attached hydrogens (tertiary/aromatic N) is 2. The minimum Gasteiger partial charge on any atom is -0.481 e. The van der Waals surface area contributed by atoms with Crippen molar-refractivity contribution in [1.29, 1.82) is 0 Å². The quantitative estimate of drug-likeness (QED) is 0.581. The zero-order valence-corrected chi connectivity index (χ0v) is 16.3. The number of rotatable bonds is 3. The van der Waals surface area contributed by atoms with E-state index in [0.717, 1.165) is 13.0 Å². The lowest BCUT2D eigenvalue weighted by atomic mass is 9.88. The van der Waals surface area contributed by atoms with Crippen molar-refractivity contribution in [3.8, 4) is 5.75 Å². The minimum absolute atomic E-state index is 0.0584. The molecule has 160 valence electrons. The van der Waals surface area contributed by atoms with Crippen molar-refractivity contribution in [2.24, 2.45) is 0 Å². The Morgan fingerprint density at radius 3 is 2.31 bits per heavy atom. The number of likely N-dealkylation sites (tertiary alicyclic amines) is 1. The molecule has 0 radical (unpaired) electrons. The minimum atomic E-state index is -5.79. The fraction of sp³-hybridized carbons (Fsp3) is 0.526. The van der Waals surface area contributed by atoms with Crippen LogP contribution < -0.4 is 4.74 Å². The molecule has 1 aromatic carbocycles. The van der Waals surface area contributed by atoms with Crippen LogP contribution in [-0.2, 0) is 10.7 Å². The smallest absolute Gasteiger partial charge is 0.458 e. The number of carbonyl (C=O) groups excluding carboxylic acids is 1. The van der Waals surface area contributed by atoms with Crippen LogP contribution in [-0.4, -0.2) is 46.4 Å². The number of halogens is 5. The molecule has 10 heteroatoms. The molecule has 1 aromatic rings. The molecule has 0 unspecified atom stereocenters. The molecule has 0 spiro atoms. The third-order valence-corrected chi connectivity index (χ3v) is 5.18. The van der Waals surface area contributed by atoms with Crippen LogP contribution in [0.25, 0.3) is 5.70 Å². The molecule has 2 heterocycles. The number of hydroxylamine groups is 2. The Morgan fingerprint density at radius 2 is 1.83 bits per heavy atom.